The number of alkyl halides is 3. The monoisotopic (exact) mass is 608 g/mol. The van der Waals surface area contributed by atoms with Crippen LogP contribution in [0.1, 0.15) is 74.5 Å². The molecule has 0 bridgehead atoms. The summed E-state index contributed by atoms with van der Waals surface area (Å²) in [5, 5.41) is 9.81. The zero-order valence-electron chi connectivity index (χ0n) is 25.3. The molecule has 1 aromatic heterocycles. The Morgan fingerprint density at radius 1 is 1.05 bits per heavy atom. The van der Waals surface area contributed by atoms with Gasteiger partial charge in [-0.15, -0.1) is 0 Å². The van der Waals surface area contributed by atoms with E-state index in [9.17, 15) is 27.6 Å². The first-order valence-electron chi connectivity index (χ1n) is 14.6. The number of anilines is 2. The second kappa shape index (κ2) is 12.5. The number of benzene rings is 1. The number of nitrogens with zero attached hydrogens (tertiary/aromatic N) is 4. The molecule has 43 heavy (non-hydrogen) atoms. The Balaban J connectivity index is 1.61. The lowest BCUT2D eigenvalue weighted by atomic mass is 9.88. The third-order valence-corrected chi connectivity index (χ3v) is 8.16. The molecule has 236 valence electrons. The molecule has 2 aliphatic rings. The second-order valence-corrected chi connectivity index (χ2v) is 12.3. The summed E-state index contributed by atoms with van der Waals surface area (Å²) in [5.74, 6) is -3.29. The van der Waals surface area contributed by atoms with Crippen LogP contribution in [0.2, 0.25) is 0 Å². The highest BCUT2D eigenvalue weighted by molar-refractivity contribution is 6.01. The van der Waals surface area contributed by atoms with Crippen molar-refractivity contribution in [3.8, 4) is 0 Å². The number of aromatic nitrogens is 2. The van der Waals surface area contributed by atoms with E-state index in [2.05, 4.69) is 15.7 Å². The van der Waals surface area contributed by atoms with E-state index >= 15 is 4.39 Å². The van der Waals surface area contributed by atoms with Crippen LogP contribution >= 0.6 is 0 Å². The molecule has 0 radical (unpaired) electrons. The Labute approximate surface area is 249 Å². The summed E-state index contributed by atoms with van der Waals surface area (Å²) in [4.78, 5) is 42.2. The average Bonchev–Trinajstić information content (AvgIpc) is 3.86. The van der Waals surface area contributed by atoms with E-state index < -0.39 is 48.2 Å². The molecule has 4 rings (SSSR count). The SMILES string of the molecule is CC(C(=O)N(C)CC(F)(F)F)c1cc(F)c(NC(=O)[C@@H](NC(=O)c2ccnn2C(C)C)C(C2CC2)C2CC2)cc1N(C)C. The molecule has 2 aromatic rings. The molecule has 0 saturated heterocycles. The number of halogens is 4. The van der Waals surface area contributed by atoms with E-state index in [0.717, 1.165) is 38.8 Å². The lowest BCUT2D eigenvalue weighted by Crippen LogP contribution is -2.50. The molecule has 2 fully saturated rings. The summed E-state index contributed by atoms with van der Waals surface area (Å²) in [6.45, 7) is 3.77. The fourth-order valence-electron chi connectivity index (χ4n) is 5.78. The minimum absolute atomic E-state index is 0.0784. The molecule has 2 aliphatic carbocycles. The van der Waals surface area contributed by atoms with Crippen LogP contribution < -0.4 is 15.5 Å². The van der Waals surface area contributed by atoms with Crippen molar-refractivity contribution in [1.82, 2.24) is 20.0 Å². The largest absolute Gasteiger partial charge is 0.406 e. The second-order valence-electron chi connectivity index (χ2n) is 12.3. The fourth-order valence-corrected chi connectivity index (χ4v) is 5.78. The van der Waals surface area contributed by atoms with Gasteiger partial charge in [0.15, 0.2) is 0 Å². The molecule has 0 aliphatic heterocycles. The number of rotatable bonds is 12. The van der Waals surface area contributed by atoms with Gasteiger partial charge in [0.1, 0.15) is 24.1 Å². The maximum Gasteiger partial charge on any atom is 0.406 e. The van der Waals surface area contributed by atoms with Gasteiger partial charge in [0.2, 0.25) is 11.8 Å². The Morgan fingerprint density at radius 2 is 1.65 bits per heavy atom. The summed E-state index contributed by atoms with van der Waals surface area (Å²) in [6.07, 6.45) is 0.754. The van der Waals surface area contributed by atoms with E-state index in [-0.39, 0.29) is 35.0 Å². The maximum absolute atomic E-state index is 15.5. The van der Waals surface area contributed by atoms with E-state index in [4.69, 9.17) is 0 Å². The van der Waals surface area contributed by atoms with Gasteiger partial charge in [0.25, 0.3) is 5.91 Å². The fraction of sp³-hybridized carbons (Fsp3) is 0.600. The molecule has 2 atom stereocenters. The van der Waals surface area contributed by atoms with Crippen LogP contribution in [-0.4, -0.2) is 72.3 Å². The standard InChI is InChI=1S/C30H40F4N6O3/c1-16(2)40-23(11-12-35-40)27(41)37-26(25(18-7-8-18)19-9-10-19)28(42)36-22-14-24(38(4)5)20(13-21(22)31)17(3)29(43)39(6)15-30(32,33)34/h11-14,16-19,25-26H,7-10,15H2,1-6H3,(H,36,42)(H,37,41)/t17?,26-/m0/s1. The Kier molecular flexibility index (Phi) is 9.41. The molecule has 0 spiro atoms. The zero-order chi connectivity index (χ0) is 31.8. The van der Waals surface area contributed by atoms with E-state index in [0.29, 0.717) is 16.3 Å². The first-order chi connectivity index (χ1) is 20.1. The molecule has 1 heterocycles. The third-order valence-electron chi connectivity index (χ3n) is 8.16. The highest BCUT2D eigenvalue weighted by atomic mass is 19.4. The van der Waals surface area contributed by atoms with Gasteiger partial charge in [-0.2, -0.15) is 18.3 Å². The number of hydrogen-bond donors (Lipinski definition) is 2. The van der Waals surface area contributed by atoms with Gasteiger partial charge in [-0.3, -0.25) is 19.1 Å². The number of amides is 3. The average molecular weight is 609 g/mol. The number of carbonyl (C=O) groups excluding carboxylic acids is 3. The van der Waals surface area contributed by atoms with Crippen LogP contribution in [0.25, 0.3) is 0 Å². The summed E-state index contributed by atoms with van der Waals surface area (Å²) in [6, 6.07) is 3.03. The van der Waals surface area contributed by atoms with Gasteiger partial charge < -0.3 is 20.4 Å². The van der Waals surface area contributed by atoms with Crippen molar-refractivity contribution in [2.75, 3.05) is 37.9 Å². The van der Waals surface area contributed by atoms with Crippen molar-refractivity contribution in [3.05, 3.63) is 41.5 Å². The molecule has 3 amide bonds. The van der Waals surface area contributed by atoms with Gasteiger partial charge in [0.05, 0.1) is 11.6 Å². The predicted octanol–water partition coefficient (Wildman–Crippen LogP) is 4.97. The summed E-state index contributed by atoms with van der Waals surface area (Å²) >= 11 is 0. The van der Waals surface area contributed by atoms with Gasteiger partial charge in [0, 0.05) is 39.1 Å². The molecule has 1 aromatic carbocycles. The van der Waals surface area contributed by atoms with Crippen molar-refractivity contribution in [2.45, 2.75) is 70.6 Å². The maximum atomic E-state index is 15.5. The lowest BCUT2D eigenvalue weighted by Gasteiger charge is -2.29. The Bertz CT molecular complexity index is 1340. The molecule has 9 nitrogen and oxygen atoms in total. The molecule has 1 unspecified atom stereocenters. The molecular weight excluding hydrogens is 568 g/mol. The molecule has 13 heteroatoms. The predicted molar refractivity (Wildman–Crippen MR) is 154 cm³/mol. The van der Waals surface area contributed by atoms with Crippen LogP contribution in [-0.2, 0) is 9.59 Å². The van der Waals surface area contributed by atoms with Gasteiger partial charge in [-0.1, -0.05) is 0 Å². The number of likely N-dealkylation sites (N-methyl/N-ethyl adjacent to an activating group) is 1. The van der Waals surface area contributed by atoms with Crippen LogP contribution in [0.4, 0.5) is 28.9 Å². The van der Waals surface area contributed by atoms with E-state index in [1.165, 1.54) is 19.2 Å². The quantitative estimate of drug-likeness (QED) is 0.332. The number of nitrogens with one attached hydrogen (secondary N) is 2. The Hall–Kier alpha value is -3.64. The van der Waals surface area contributed by atoms with Crippen molar-refractivity contribution in [3.63, 3.8) is 0 Å². The zero-order valence-corrected chi connectivity index (χ0v) is 25.3. The highest BCUT2D eigenvalue weighted by Gasteiger charge is 2.48. The minimum Gasteiger partial charge on any atom is -0.377 e. The van der Waals surface area contributed by atoms with Crippen molar-refractivity contribution >= 4 is 29.1 Å². The topological polar surface area (TPSA) is 99.6 Å². The normalized spacial score (nSPS) is 16.7. The lowest BCUT2D eigenvalue weighted by molar-refractivity contribution is -0.159. The summed E-state index contributed by atoms with van der Waals surface area (Å²) in [7, 11) is 4.34. The van der Waals surface area contributed by atoms with Crippen LogP contribution in [0.3, 0.4) is 0 Å². The van der Waals surface area contributed by atoms with Crippen molar-refractivity contribution in [2.24, 2.45) is 17.8 Å². The third kappa shape index (κ3) is 7.66. The molecule has 2 N–H and O–H groups in total. The number of carbonyl (C=O) groups is 3. The van der Waals surface area contributed by atoms with Crippen molar-refractivity contribution < 1.29 is 31.9 Å². The van der Waals surface area contributed by atoms with Crippen LogP contribution in [0.15, 0.2) is 24.4 Å². The number of hydrogen-bond acceptors (Lipinski definition) is 5. The minimum atomic E-state index is -4.58. The van der Waals surface area contributed by atoms with E-state index in [1.54, 1.807) is 29.7 Å². The van der Waals surface area contributed by atoms with Crippen LogP contribution in [0.5, 0.6) is 0 Å². The van der Waals surface area contributed by atoms with E-state index in [1.807, 2.05) is 13.8 Å². The summed E-state index contributed by atoms with van der Waals surface area (Å²) in [5.41, 5.74) is 0.704. The highest BCUT2D eigenvalue weighted by Crippen LogP contribution is 2.51. The first-order valence-corrected chi connectivity index (χ1v) is 14.6. The summed E-state index contributed by atoms with van der Waals surface area (Å²) < 4.78 is 55.8. The molecular formula is C30H40F4N6O3. The van der Waals surface area contributed by atoms with Gasteiger partial charge in [-0.25, -0.2) is 4.39 Å². The van der Waals surface area contributed by atoms with Gasteiger partial charge >= 0.3 is 6.18 Å². The molecule has 2 saturated carbocycles. The van der Waals surface area contributed by atoms with Gasteiger partial charge in [-0.05, 0) is 88.0 Å². The Morgan fingerprint density at radius 3 is 2.16 bits per heavy atom. The first kappa shape index (κ1) is 32.3. The van der Waals surface area contributed by atoms with Crippen molar-refractivity contribution in [1.29, 1.82) is 0 Å². The smallest absolute Gasteiger partial charge is 0.377 e. The van der Waals surface area contributed by atoms with Crippen LogP contribution in [0, 0.1) is 23.6 Å².